The topological polar surface area (TPSA) is 0 Å². The van der Waals surface area contributed by atoms with Crippen molar-refractivity contribution in [3.05, 3.63) is 56.8 Å². The van der Waals surface area contributed by atoms with Gasteiger partial charge in [0.05, 0.1) is 5.38 Å². The smallest absolute Gasteiger partial charge is 0.0719 e. The summed E-state index contributed by atoms with van der Waals surface area (Å²) in [6, 6.07) is 11.1. The molecule has 0 amide bonds. The number of alkyl halides is 1. The first kappa shape index (κ1) is 14.2. The molecule has 1 aliphatic carbocycles. The molecule has 0 N–H and O–H groups in total. The first-order valence-electron chi connectivity index (χ1n) is 7.53. The van der Waals surface area contributed by atoms with Crippen molar-refractivity contribution in [1.29, 1.82) is 0 Å². The van der Waals surface area contributed by atoms with Crippen molar-refractivity contribution >= 4 is 22.9 Å². The molecule has 0 bridgehead atoms. The zero-order valence-corrected chi connectivity index (χ0v) is 13.6. The number of hydrogen-bond donors (Lipinski definition) is 0. The standard InChI is InChI=1S/C18H21ClS/c1-13-7-9-14(10-8-13)11-16(19)18-12-15-5-3-2-4-6-17(15)20-18/h7-10,12,16H,2-6,11H2,1H3. The second kappa shape index (κ2) is 6.32. The molecular weight excluding hydrogens is 284 g/mol. The fourth-order valence-electron chi connectivity index (χ4n) is 2.88. The van der Waals surface area contributed by atoms with Crippen LogP contribution in [0.25, 0.3) is 0 Å². The molecular formula is C18H21ClS. The average molecular weight is 305 g/mol. The Morgan fingerprint density at radius 2 is 1.85 bits per heavy atom. The molecule has 1 unspecified atom stereocenters. The van der Waals surface area contributed by atoms with E-state index < -0.39 is 0 Å². The summed E-state index contributed by atoms with van der Waals surface area (Å²) in [5, 5.41) is 0.120. The van der Waals surface area contributed by atoms with Gasteiger partial charge in [0.25, 0.3) is 0 Å². The van der Waals surface area contributed by atoms with Gasteiger partial charge >= 0.3 is 0 Å². The molecule has 0 spiro atoms. The van der Waals surface area contributed by atoms with E-state index in [1.807, 2.05) is 11.3 Å². The van der Waals surface area contributed by atoms with E-state index in [0.29, 0.717) is 0 Å². The second-order valence-corrected chi connectivity index (χ2v) is 7.51. The third-order valence-electron chi connectivity index (χ3n) is 4.11. The maximum absolute atomic E-state index is 6.65. The Balaban J connectivity index is 1.73. The monoisotopic (exact) mass is 304 g/mol. The number of rotatable bonds is 3. The summed E-state index contributed by atoms with van der Waals surface area (Å²) in [5.41, 5.74) is 4.21. The highest BCUT2D eigenvalue weighted by molar-refractivity contribution is 7.12. The van der Waals surface area contributed by atoms with Crippen molar-refractivity contribution in [3.63, 3.8) is 0 Å². The Kier molecular flexibility index (Phi) is 4.48. The highest BCUT2D eigenvalue weighted by atomic mass is 35.5. The average Bonchev–Trinajstić information content (AvgIpc) is 2.73. The van der Waals surface area contributed by atoms with Crippen LogP contribution in [0, 0.1) is 6.92 Å². The van der Waals surface area contributed by atoms with Crippen LogP contribution in [0.4, 0.5) is 0 Å². The van der Waals surface area contributed by atoms with Crippen LogP contribution < -0.4 is 0 Å². The van der Waals surface area contributed by atoms with Gasteiger partial charge in [-0.25, -0.2) is 0 Å². The van der Waals surface area contributed by atoms with E-state index in [2.05, 4.69) is 37.3 Å². The predicted octanol–water partition coefficient (Wildman–Crippen LogP) is 5.85. The molecule has 1 aromatic heterocycles. The third-order valence-corrected chi connectivity index (χ3v) is 5.98. The SMILES string of the molecule is Cc1ccc(CC(Cl)c2cc3c(s2)CCCCC3)cc1. The van der Waals surface area contributed by atoms with Gasteiger partial charge in [-0.3, -0.25) is 0 Å². The van der Waals surface area contributed by atoms with Crippen LogP contribution in [0.2, 0.25) is 0 Å². The lowest BCUT2D eigenvalue weighted by Gasteiger charge is -2.07. The molecule has 106 valence electrons. The highest BCUT2D eigenvalue weighted by Crippen LogP contribution is 2.36. The summed E-state index contributed by atoms with van der Waals surface area (Å²) in [6.07, 6.45) is 7.51. The number of benzene rings is 1. The van der Waals surface area contributed by atoms with E-state index in [0.717, 1.165) is 6.42 Å². The van der Waals surface area contributed by atoms with E-state index in [1.54, 1.807) is 10.4 Å². The summed E-state index contributed by atoms with van der Waals surface area (Å²) in [6.45, 7) is 2.12. The molecule has 2 aromatic rings. The molecule has 0 nitrogen and oxygen atoms in total. The molecule has 0 saturated carbocycles. The minimum absolute atomic E-state index is 0.120. The molecule has 0 aliphatic heterocycles. The van der Waals surface area contributed by atoms with Crippen LogP contribution in [0.1, 0.15) is 51.1 Å². The Labute approximate surface area is 130 Å². The van der Waals surface area contributed by atoms with Crippen LogP contribution in [0.3, 0.4) is 0 Å². The molecule has 1 aromatic carbocycles. The third kappa shape index (κ3) is 3.27. The minimum atomic E-state index is 0.120. The number of hydrogen-bond acceptors (Lipinski definition) is 1. The molecule has 2 heteroatoms. The lowest BCUT2D eigenvalue weighted by molar-refractivity contribution is 0.712. The maximum Gasteiger partial charge on any atom is 0.0719 e. The van der Waals surface area contributed by atoms with E-state index >= 15 is 0 Å². The van der Waals surface area contributed by atoms with Gasteiger partial charge in [-0.15, -0.1) is 22.9 Å². The summed E-state index contributed by atoms with van der Waals surface area (Å²) in [7, 11) is 0. The van der Waals surface area contributed by atoms with Crippen molar-refractivity contribution < 1.29 is 0 Å². The largest absolute Gasteiger partial charge is 0.144 e. The predicted molar refractivity (Wildman–Crippen MR) is 89.1 cm³/mol. The van der Waals surface area contributed by atoms with Crippen LogP contribution in [0.5, 0.6) is 0 Å². The van der Waals surface area contributed by atoms with Gasteiger partial charge < -0.3 is 0 Å². The molecule has 0 fully saturated rings. The summed E-state index contributed by atoms with van der Waals surface area (Å²) >= 11 is 8.60. The Morgan fingerprint density at radius 3 is 2.65 bits per heavy atom. The lowest BCUT2D eigenvalue weighted by Crippen LogP contribution is -1.93. The quantitative estimate of drug-likeness (QED) is 0.493. The van der Waals surface area contributed by atoms with Gasteiger partial charge in [0, 0.05) is 9.75 Å². The molecule has 3 rings (SSSR count). The van der Waals surface area contributed by atoms with Crippen LogP contribution in [-0.2, 0) is 19.3 Å². The van der Waals surface area contributed by atoms with Gasteiger partial charge in [-0.05, 0) is 56.2 Å². The molecule has 1 heterocycles. The van der Waals surface area contributed by atoms with Crippen molar-refractivity contribution in [2.24, 2.45) is 0 Å². The second-order valence-electron chi connectivity index (χ2n) is 5.82. The Hall–Kier alpha value is -0.790. The number of thiophene rings is 1. The normalized spacial score (nSPS) is 16.5. The van der Waals surface area contributed by atoms with Gasteiger partial charge in [-0.2, -0.15) is 0 Å². The van der Waals surface area contributed by atoms with Gasteiger partial charge in [0.1, 0.15) is 0 Å². The van der Waals surface area contributed by atoms with E-state index in [9.17, 15) is 0 Å². The molecule has 1 aliphatic rings. The first-order chi connectivity index (χ1) is 9.72. The van der Waals surface area contributed by atoms with Gasteiger partial charge in [-0.1, -0.05) is 36.2 Å². The van der Waals surface area contributed by atoms with Crippen molar-refractivity contribution in [3.8, 4) is 0 Å². The summed E-state index contributed by atoms with van der Waals surface area (Å²) in [5.74, 6) is 0. The van der Waals surface area contributed by atoms with Crippen molar-refractivity contribution in [2.45, 2.75) is 50.8 Å². The Morgan fingerprint density at radius 1 is 1.10 bits per heavy atom. The fourth-order valence-corrected chi connectivity index (χ4v) is 4.49. The van der Waals surface area contributed by atoms with E-state index in [4.69, 9.17) is 11.6 Å². The van der Waals surface area contributed by atoms with Crippen LogP contribution >= 0.6 is 22.9 Å². The van der Waals surface area contributed by atoms with Crippen molar-refractivity contribution in [1.82, 2.24) is 0 Å². The lowest BCUT2D eigenvalue weighted by atomic mass is 10.1. The van der Waals surface area contributed by atoms with Gasteiger partial charge in [0.15, 0.2) is 0 Å². The Bertz CT molecular complexity index is 544. The van der Waals surface area contributed by atoms with Crippen LogP contribution in [0.15, 0.2) is 30.3 Å². The minimum Gasteiger partial charge on any atom is -0.144 e. The van der Waals surface area contributed by atoms with Crippen molar-refractivity contribution in [2.75, 3.05) is 0 Å². The van der Waals surface area contributed by atoms with Gasteiger partial charge in [0.2, 0.25) is 0 Å². The zero-order valence-electron chi connectivity index (χ0n) is 12.0. The zero-order chi connectivity index (χ0) is 13.9. The highest BCUT2D eigenvalue weighted by Gasteiger charge is 2.17. The molecule has 0 radical (unpaired) electrons. The number of aryl methyl sites for hydroxylation is 3. The molecule has 20 heavy (non-hydrogen) atoms. The number of halogens is 1. The van der Waals surface area contributed by atoms with Crippen LogP contribution in [-0.4, -0.2) is 0 Å². The molecule has 0 saturated heterocycles. The molecule has 1 atom stereocenters. The number of fused-ring (bicyclic) bond motifs is 1. The summed E-state index contributed by atoms with van der Waals surface area (Å²) < 4.78 is 0. The van der Waals surface area contributed by atoms with E-state index in [1.165, 1.54) is 48.1 Å². The maximum atomic E-state index is 6.65. The fraction of sp³-hybridized carbons (Fsp3) is 0.444. The van der Waals surface area contributed by atoms with E-state index in [-0.39, 0.29) is 5.38 Å². The summed E-state index contributed by atoms with van der Waals surface area (Å²) in [4.78, 5) is 2.95. The first-order valence-corrected chi connectivity index (χ1v) is 8.79.